The molecule has 1 aliphatic rings. The van der Waals surface area contributed by atoms with E-state index in [1.165, 1.54) is 29.4 Å². The van der Waals surface area contributed by atoms with Gasteiger partial charge < -0.3 is 0 Å². The maximum atomic E-state index is 2.37. The molecule has 1 saturated heterocycles. The molecule has 0 spiro atoms. The largest absolute Gasteiger partial charge is 0.160 e. The predicted molar refractivity (Wildman–Crippen MR) is 60.7 cm³/mol. The van der Waals surface area contributed by atoms with Crippen LogP contribution in [0.4, 0.5) is 0 Å². The molecule has 0 aliphatic carbocycles. The second kappa shape index (κ2) is 4.93. The fourth-order valence-electron chi connectivity index (χ4n) is 0.847. The summed E-state index contributed by atoms with van der Waals surface area (Å²) >= 11 is 6.33. The average molecular weight is 208 g/mol. The smallest absolute Gasteiger partial charge is 0.0689 e. The normalized spacial score (nSPS) is 21.3. The van der Waals surface area contributed by atoms with E-state index < -0.39 is 0 Å². The lowest BCUT2D eigenvalue weighted by atomic mass is 10.4. The van der Waals surface area contributed by atoms with E-state index in [1.807, 2.05) is 0 Å². The first-order valence-corrected chi connectivity index (χ1v) is 7.25. The Morgan fingerprint density at radius 3 is 2.64 bits per heavy atom. The van der Waals surface area contributed by atoms with Gasteiger partial charge in [0, 0.05) is 10.8 Å². The van der Waals surface area contributed by atoms with Crippen molar-refractivity contribution in [1.29, 1.82) is 0 Å². The second-order valence-electron chi connectivity index (χ2n) is 2.95. The molecule has 0 atom stereocenters. The van der Waals surface area contributed by atoms with Gasteiger partial charge in [-0.1, -0.05) is 13.3 Å². The van der Waals surface area contributed by atoms with Crippen molar-refractivity contribution in [2.24, 2.45) is 0 Å². The Kier molecular flexibility index (Phi) is 4.54. The Hall–Kier alpha value is 1.05. The zero-order valence-electron chi connectivity index (χ0n) is 7.26. The molecular formula is C8H16S3. The maximum absolute atomic E-state index is 2.37. The van der Waals surface area contributed by atoms with Gasteiger partial charge in [-0.15, -0.1) is 23.5 Å². The second-order valence-corrected chi connectivity index (χ2v) is 7.63. The lowest BCUT2D eigenvalue weighted by Gasteiger charge is -2.36. The van der Waals surface area contributed by atoms with E-state index in [0.717, 1.165) is 0 Å². The highest BCUT2D eigenvalue weighted by Gasteiger charge is 2.33. The molecule has 0 nitrogen and oxygen atoms in total. The zero-order chi connectivity index (χ0) is 8.16. The Bertz CT molecular complexity index is 110. The molecule has 0 unspecified atom stereocenters. The predicted octanol–water partition coefficient (Wildman–Crippen LogP) is 3.67. The highest BCUT2D eigenvalue weighted by molar-refractivity contribution is 8.34. The van der Waals surface area contributed by atoms with Crippen molar-refractivity contribution in [3.05, 3.63) is 0 Å². The summed E-state index contributed by atoms with van der Waals surface area (Å²) in [5.41, 5.74) is 0. The molecule has 0 N–H and O–H groups in total. The van der Waals surface area contributed by atoms with Gasteiger partial charge in [-0.2, -0.15) is 11.8 Å². The summed E-state index contributed by atoms with van der Waals surface area (Å²) < 4.78 is 0.568. The molecular weight excluding hydrogens is 192 g/mol. The first-order chi connectivity index (χ1) is 5.27. The minimum atomic E-state index is 0.568. The average Bonchev–Trinajstić information content (AvgIpc) is 1.95. The monoisotopic (exact) mass is 208 g/mol. The van der Waals surface area contributed by atoms with Crippen molar-refractivity contribution < 1.29 is 0 Å². The highest BCUT2D eigenvalue weighted by atomic mass is 32.3. The molecule has 0 amide bonds. The summed E-state index contributed by atoms with van der Waals surface area (Å²) in [5, 5.41) is 1.31. The van der Waals surface area contributed by atoms with Crippen LogP contribution < -0.4 is 0 Å². The van der Waals surface area contributed by atoms with E-state index >= 15 is 0 Å². The van der Waals surface area contributed by atoms with Gasteiger partial charge in [0.15, 0.2) is 0 Å². The van der Waals surface area contributed by atoms with Crippen molar-refractivity contribution in [3.8, 4) is 0 Å². The summed E-state index contributed by atoms with van der Waals surface area (Å²) in [6.07, 6.45) is 2.72. The van der Waals surface area contributed by atoms with Crippen LogP contribution in [0.2, 0.25) is 0 Å². The van der Waals surface area contributed by atoms with Crippen LogP contribution in [0.25, 0.3) is 0 Å². The summed E-state index contributed by atoms with van der Waals surface area (Å²) in [6, 6.07) is 0. The van der Waals surface area contributed by atoms with E-state index in [4.69, 9.17) is 0 Å². The third-order valence-corrected chi connectivity index (χ3v) is 6.62. The van der Waals surface area contributed by atoms with Crippen LogP contribution in [0.5, 0.6) is 0 Å². The van der Waals surface area contributed by atoms with Crippen molar-refractivity contribution >= 4 is 35.3 Å². The van der Waals surface area contributed by atoms with Crippen LogP contribution in [0.1, 0.15) is 26.7 Å². The van der Waals surface area contributed by atoms with Gasteiger partial charge in [0.05, 0.1) is 4.08 Å². The molecule has 0 aromatic rings. The van der Waals surface area contributed by atoms with Crippen LogP contribution in [0.3, 0.4) is 0 Å². The van der Waals surface area contributed by atoms with Gasteiger partial charge in [0.25, 0.3) is 0 Å². The fourth-order valence-corrected chi connectivity index (χ4v) is 5.10. The van der Waals surface area contributed by atoms with E-state index in [0.29, 0.717) is 4.08 Å². The molecule has 11 heavy (non-hydrogen) atoms. The first-order valence-electron chi connectivity index (χ1n) is 4.12. The minimum Gasteiger partial charge on any atom is -0.160 e. The summed E-state index contributed by atoms with van der Waals surface area (Å²) in [5.74, 6) is 2.69. The summed E-state index contributed by atoms with van der Waals surface area (Å²) in [7, 11) is 0. The maximum Gasteiger partial charge on any atom is 0.0689 e. The Morgan fingerprint density at radius 2 is 2.18 bits per heavy atom. The minimum absolute atomic E-state index is 0.568. The van der Waals surface area contributed by atoms with Crippen LogP contribution in [0, 0.1) is 0 Å². The van der Waals surface area contributed by atoms with Crippen molar-refractivity contribution in [1.82, 2.24) is 0 Å². The Morgan fingerprint density at radius 1 is 1.45 bits per heavy atom. The first kappa shape index (κ1) is 10.1. The lowest BCUT2D eigenvalue weighted by Crippen LogP contribution is -2.26. The van der Waals surface area contributed by atoms with E-state index in [2.05, 4.69) is 49.1 Å². The molecule has 0 saturated carbocycles. The highest BCUT2D eigenvalue weighted by Crippen LogP contribution is 2.51. The molecule has 1 rings (SSSR count). The fraction of sp³-hybridized carbons (Fsp3) is 1.00. The molecule has 0 radical (unpaired) electrons. The van der Waals surface area contributed by atoms with Crippen molar-refractivity contribution in [2.45, 2.75) is 30.8 Å². The molecule has 1 heterocycles. The van der Waals surface area contributed by atoms with Crippen molar-refractivity contribution in [3.63, 3.8) is 0 Å². The molecule has 3 heteroatoms. The van der Waals surface area contributed by atoms with Gasteiger partial charge in [-0.3, -0.25) is 0 Å². The van der Waals surface area contributed by atoms with E-state index in [1.54, 1.807) is 0 Å². The number of hydrogen-bond acceptors (Lipinski definition) is 3. The van der Waals surface area contributed by atoms with E-state index in [-0.39, 0.29) is 0 Å². The Labute approximate surface area is 82.7 Å². The standard InChI is InChI=1S/C8H16S3/c1-3-4-5-9-6-8(2)10-7-11-8/h3-7H2,1-2H3. The zero-order valence-corrected chi connectivity index (χ0v) is 9.71. The third kappa shape index (κ3) is 3.51. The number of hydrogen-bond donors (Lipinski definition) is 0. The topological polar surface area (TPSA) is 0 Å². The van der Waals surface area contributed by atoms with E-state index in [9.17, 15) is 0 Å². The van der Waals surface area contributed by atoms with Gasteiger partial charge in [-0.25, -0.2) is 0 Å². The quantitative estimate of drug-likeness (QED) is 0.633. The molecule has 0 bridgehead atoms. The third-order valence-electron chi connectivity index (χ3n) is 1.73. The van der Waals surface area contributed by atoms with Crippen LogP contribution >= 0.6 is 35.3 Å². The van der Waals surface area contributed by atoms with Gasteiger partial charge in [-0.05, 0) is 19.1 Å². The number of thioether (sulfide) groups is 3. The van der Waals surface area contributed by atoms with Gasteiger partial charge in [0.2, 0.25) is 0 Å². The van der Waals surface area contributed by atoms with Gasteiger partial charge in [0.1, 0.15) is 0 Å². The molecule has 1 fully saturated rings. The van der Waals surface area contributed by atoms with Crippen LogP contribution in [0.15, 0.2) is 0 Å². The summed E-state index contributed by atoms with van der Waals surface area (Å²) in [4.78, 5) is 0. The number of unbranched alkanes of at least 4 members (excludes halogenated alkanes) is 1. The van der Waals surface area contributed by atoms with Gasteiger partial charge >= 0.3 is 0 Å². The SMILES string of the molecule is CCCCSCC1(C)SCS1. The Balaban J connectivity index is 1.94. The molecule has 66 valence electrons. The molecule has 0 aromatic heterocycles. The van der Waals surface area contributed by atoms with Crippen molar-refractivity contribution in [2.75, 3.05) is 16.6 Å². The van der Waals surface area contributed by atoms with Crippen LogP contribution in [-0.2, 0) is 0 Å². The molecule has 0 aromatic carbocycles. The molecule has 1 aliphatic heterocycles. The number of rotatable bonds is 5. The summed E-state index contributed by atoms with van der Waals surface area (Å²) in [6.45, 7) is 4.62. The van der Waals surface area contributed by atoms with Crippen LogP contribution in [-0.4, -0.2) is 20.7 Å². The lowest BCUT2D eigenvalue weighted by molar-refractivity contribution is 0.894.